The third-order valence-electron chi connectivity index (χ3n) is 6.52. The Balaban J connectivity index is 1.67. The Bertz CT molecular complexity index is 870. The maximum Gasteiger partial charge on any atom is 0.410 e. The summed E-state index contributed by atoms with van der Waals surface area (Å²) in [6.07, 6.45) is -0.0959. The van der Waals surface area contributed by atoms with Crippen molar-refractivity contribution in [2.24, 2.45) is 0 Å². The fourth-order valence-electron chi connectivity index (χ4n) is 4.73. The van der Waals surface area contributed by atoms with Gasteiger partial charge in [-0.15, -0.1) is 0 Å². The van der Waals surface area contributed by atoms with Gasteiger partial charge < -0.3 is 9.47 Å². The maximum atomic E-state index is 15.0. The van der Waals surface area contributed by atoms with Crippen molar-refractivity contribution in [1.29, 1.82) is 0 Å². The molecule has 1 aromatic rings. The Hall–Kier alpha value is -1.75. The molecule has 1 aromatic carbocycles. The summed E-state index contributed by atoms with van der Waals surface area (Å²) in [4.78, 5) is 13.9. The first-order valence-electron chi connectivity index (χ1n) is 11.0. The minimum atomic E-state index is -3.71. The van der Waals surface area contributed by atoms with Gasteiger partial charge in [-0.2, -0.15) is 17.4 Å². The van der Waals surface area contributed by atoms with Crippen molar-refractivity contribution >= 4 is 16.3 Å². The first kappa shape index (κ1) is 24.9. The molecule has 0 spiro atoms. The van der Waals surface area contributed by atoms with Crippen molar-refractivity contribution < 1.29 is 27.1 Å². The average Bonchev–Trinajstić information content (AvgIpc) is 3.06. The summed E-state index contributed by atoms with van der Waals surface area (Å²) in [6, 6.07) is 8.51. The first-order valence-corrected chi connectivity index (χ1v) is 12.4. The molecule has 1 saturated carbocycles. The van der Waals surface area contributed by atoms with Crippen LogP contribution < -0.4 is 4.72 Å². The molecule has 0 aromatic heterocycles. The van der Waals surface area contributed by atoms with E-state index in [0.29, 0.717) is 19.3 Å². The normalized spacial score (nSPS) is 31.1. The van der Waals surface area contributed by atoms with E-state index in [-0.39, 0.29) is 18.6 Å². The predicted octanol–water partition coefficient (Wildman–Crippen LogP) is 2.67. The number of halogens is 1. The molecule has 1 aliphatic heterocycles. The van der Waals surface area contributed by atoms with E-state index in [1.165, 1.54) is 26.1 Å². The lowest BCUT2D eigenvalue weighted by atomic mass is 9.81. The number of alkyl halides is 1. The number of benzene rings is 1. The first-order chi connectivity index (χ1) is 15.1. The Morgan fingerprint density at radius 3 is 2.50 bits per heavy atom. The van der Waals surface area contributed by atoms with Crippen molar-refractivity contribution in [2.45, 2.75) is 68.9 Å². The van der Waals surface area contributed by atoms with Gasteiger partial charge in [0, 0.05) is 26.2 Å². The monoisotopic (exact) mass is 471 g/mol. The number of ether oxygens (including phenoxy) is 2. The molecule has 2 aliphatic rings. The molecule has 8 nitrogen and oxygen atoms in total. The van der Waals surface area contributed by atoms with Crippen molar-refractivity contribution in [3.63, 3.8) is 0 Å². The Kier molecular flexibility index (Phi) is 8.13. The molecular weight excluding hydrogens is 437 g/mol. The summed E-state index contributed by atoms with van der Waals surface area (Å²) in [5, 5.41) is 0. The standard InChI is InChI=1S/C22H34FN3O5S/c1-15-12-19(24-32(28,29)25(2)3)20(26(15)22(27)30-4)14-31-21-11-10-17(13-18(21)23)16-8-6-5-7-9-16/h5-9,15,17-21,24H,10-14H2,1-4H3/t15-,17+,18?,19+,20+,21-/m1/s1. The third kappa shape index (κ3) is 5.59. The Labute approximate surface area is 190 Å². The van der Waals surface area contributed by atoms with Crippen molar-refractivity contribution in [1.82, 2.24) is 13.9 Å². The molecule has 1 amide bonds. The molecule has 3 rings (SSSR count). The molecule has 32 heavy (non-hydrogen) atoms. The van der Waals surface area contributed by atoms with Gasteiger partial charge in [0.05, 0.1) is 25.9 Å². The highest BCUT2D eigenvalue weighted by Crippen LogP contribution is 2.36. The average molecular weight is 472 g/mol. The van der Waals surface area contributed by atoms with Crippen molar-refractivity contribution in [3.05, 3.63) is 35.9 Å². The molecule has 0 radical (unpaired) electrons. The van der Waals surface area contributed by atoms with Gasteiger partial charge >= 0.3 is 6.09 Å². The molecule has 1 unspecified atom stereocenters. The van der Waals surface area contributed by atoms with Gasteiger partial charge in [-0.1, -0.05) is 30.3 Å². The quantitative estimate of drug-likeness (QED) is 0.661. The zero-order chi connectivity index (χ0) is 23.5. The number of nitrogens with one attached hydrogen (secondary N) is 1. The molecule has 180 valence electrons. The van der Waals surface area contributed by atoms with E-state index in [9.17, 15) is 17.6 Å². The van der Waals surface area contributed by atoms with Crippen LogP contribution in [0.1, 0.15) is 44.1 Å². The Morgan fingerprint density at radius 1 is 1.22 bits per heavy atom. The number of carbonyl (C=O) groups is 1. The maximum absolute atomic E-state index is 15.0. The molecule has 6 atom stereocenters. The highest BCUT2D eigenvalue weighted by Gasteiger charge is 2.45. The number of likely N-dealkylation sites (tertiary alicyclic amines) is 1. The molecule has 1 aliphatic carbocycles. The van der Waals surface area contributed by atoms with E-state index < -0.39 is 40.7 Å². The van der Waals surface area contributed by atoms with Crippen LogP contribution in [0.25, 0.3) is 0 Å². The third-order valence-corrected chi connectivity index (χ3v) is 8.08. The van der Waals surface area contributed by atoms with Gasteiger partial charge in [0.15, 0.2) is 0 Å². The second-order valence-electron chi connectivity index (χ2n) is 8.85. The lowest BCUT2D eigenvalue weighted by Crippen LogP contribution is -2.52. The number of hydrogen-bond acceptors (Lipinski definition) is 5. The minimum absolute atomic E-state index is 0.0289. The highest BCUT2D eigenvalue weighted by molar-refractivity contribution is 7.87. The molecular formula is C22H34FN3O5S. The Morgan fingerprint density at radius 2 is 1.91 bits per heavy atom. The number of hydrogen-bond donors (Lipinski definition) is 1. The number of amides is 1. The van der Waals surface area contributed by atoms with Gasteiger partial charge in [0.2, 0.25) is 0 Å². The van der Waals surface area contributed by atoms with E-state index in [1.807, 2.05) is 37.3 Å². The second-order valence-corrected chi connectivity index (χ2v) is 10.8. The minimum Gasteiger partial charge on any atom is -0.453 e. The lowest BCUT2D eigenvalue weighted by Gasteiger charge is -2.35. The van der Waals surface area contributed by atoms with Gasteiger partial charge in [-0.3, -0.25) is 4.90 Å². The second kappa shape index (κ2) is 10.5. The van der Waals surface area contributed by atoms with Crippen LogP contribution in [0, 0.1) is 0 Å². The summed E-state index contributed by atoms with van der Waals surface area (Å²) < 4.78 is 54.4. The molecule has 0 bridgehead atoms. The molecule has 1 N–H and O–H groups in total. The number of rotatable bonds is 7. The predicted molar refractivity (Wildman–Crippen MR) is 119 cm³/mol. The van der Waals surface area contributed by atoms with Crippen LogP contribution in [0.5, 0.6) is 0 Å². The summed E-state index contributed by atoms with van der Waals surface area (Å²) in [5.41, 5.74) is 1.13. The van der Waals surface area contributed by atoms with Crippen LogP contribution in [0.15, 0.2) is 30.3 Å². The summed E-state index contributed by atoms with van der Waals surface area (Å²) in [6.45, 7) is 1.86. The summed E-state index contributed by atoms with van der Waals surface area (Å²) in [7, 11) is 0.441. The van der Waals surface area contributed by atoms with Crippen LogP contribution in [0.2, 0.25) is 0 Å². The van der Waals surface area contributed by atoms with E-state index >= 15 is 0 Å². The summed E-state index contributed by atoms with van der Waals surface area (Å²) >= 11 is 0. The largest absolute Gasteiger partial charge is 0.453 e. The number of nitrogens with zero attached hydrogens (tertiary/aromatic N) is 2. The van der Waals surface area contributed by atoms with Gasteiger partial charge in [-0.25, -0.2) is 9.18 Å². The van der Waals surface area contributed by atoms with E-state index in [4.69, 9.17) is 9.47 Å². The molecule has 1 heterocycles. The van der Waals surface area contributed by atoms with Crippen molar-refractivity contribution in [3.8, 4) is 0 Å². The van der Waals surface area contributed by atoms with Crippen LogP contribution in [-0.4, -0.2) is 81.9 Å². The fourth-order valence-corrected chi connectivity index (χ4v) is 5.57. The zero-order valence-corrected chi connectivity index (χ0v) is 19.9. The molecule has 10 heteroatoms. The van der Waals surface area contributed by atoms with Crippen LogP contribution in [0.3, 0.4) is 0 Å². The highest BCUT2D eigenvalue weighted by atomic mass is 32.2. The van der Waals surface area contributed by atoms with E-state index in [2.05, 4.69) is 4.72 Å². The van der Waals surface area contributed by atoms with Crippen LogP contribution >= 0.6 is 0 Å². The van der Waals surface area contributed by atoms with E-state index in [1.54, 1.807) is 0 Å². The zero-order valence-electron chi connectivity index (χ0n) is 19.1. The molecule has 2 fully saturated rings. The topological polar surface area (TPSA) is 88.2 Å². The van der Waals surface area contributed by atoms with Crippen LogP contribution in [0.4, 0.5) is 9.18 Å². The fraction of sp³-hybridized carbons (Fsp3) is 0.682. The SMILES string of the molecule is COC(=O)N1[C@H](C)C[C@H](NS(=O)(=O)N(C)C)[C@@H]1CO[C@@H]1CC[C@H](c2ccccc2)CC1F. The van der Waals surface area contributed by atoms with Gasteiger partial charge in [0.1, 0.15) is 6.17 Å². The molecule has 1 saturated heterocycles. The lowest BCUT2D eigenvalue weighted by molar-refractivity contribution is -0.0483. The van der Waals surface area contributed by atoms with Gasteiger partial charge in [-0.05, 0) is 44.1 Å². The van der Waals surface area contributed by atoms with Gasteiger partial charge in [0.25, 0.3) is 10.2 Å². The smallest absolute Gasteiger partial charge is 0.410 e. The van der Waals surface area contributed by atoms with Crippen molar-refractivity contribution in [2.75, 3.05) is 27.8 Å². The van der Waals surface area contributed by atoms with E-state index in [0.717, 1.165) is 16.3 Å². The number of methoxy groups -OCH3 is 1. The van der Waals surface area contributed by atoms with Crippen LogP contribution in [-0.2, 0) is 19.7 Å². The summed E-state index contributed by atoms with van der Waals surface area (Å²) in [5.74, 6) is 0.156. The number of carbonyl (C=O) groups excluding carboxylic acids is 1.